The number of benzene rings is 1. The van der Waals surface area contributed by atoms with Crippen LogP contribution < -0.4 is 0 Å². The third kappa shape index (κ3) is 3.53. The fourth-order valence-electron chi connectivity index (χ4n) is 2.76. The van der Waals surface area contributed by atoms with E-state index in [4.69, 9.17) is 4.74 Å². The molecule has 25 heavy (non-hydrogen) atoms. The van der Waals surface area contributed by atoms with Gasteiger partial charge in [-0.3, -0.25) is 19.8 Å². The lowest BCUT2D eigenvalue weighted by Crippen LogP contribution is -2.48. The lowest BCUT2D eigenvalue weighted by Gasteiger charge is -2.34. The highest BCUT2D eigenvalue weighted by Gasteiger charge is 2.48. The number of allylic oxidation sites excluding steroid dienone is 1. The lowest BCUT2D eigenvalue weighted by molar-refractivity contribution is -0.384. The van der Waals surface area contributed by atoms with E-state index in [-0.39, 0.29) is 23.6 Å². The highest BCUT2D eigenvalue weighted by Crippen LogP contribution is 2.48. The quantitative estimate of drug-likeness (QED) is 0.320. The summed E-state index contributed by atoms with van der Waals surface area (Å²) in [6, 6.07) is 5.85. The van der Waals surface area contributed by atoms with Gasteiger partial charge in [0.25, 0.3) is 5.69 Å². The van der Waals surface area contributed by atoms with Gasteiger partial charge in [0.2, 0.25) is 5.91 Å². The minimum Gasteiger partial charge on any atom is -0.456 e. The summed E-state index contributed by atoms with van der Waals surface area (Å²) in [5.41, 5.74) is 1.02. The number of nitrogens with zero attached hydrogens (tertiary/aromatic N) is 2. The van der Waals surface area contributed by atoms with Crippen molar-refractivity contribution in [2.75, 3.05) is 0 Å². The van der Waals surface area contributed by atoms with E-state index in [1.807, 2.05) is 0 Å². The fraction of sp³-hybridized carbons (Fsp3) is 0.412. The second kappa shape index (κ2) is 7.26. The average Bonchev–Trinajstić information content (AvgIpc) is 2.90. The highest BCUT2D eigenvalue weighted by molar-refractivity contribution is 8.04. The van der Waals surface area contributed by atoms with Crippen molar-refractivity contribution in [3.8, 4) is 0 Å². The maximum atomic E-state index is 12.5. The molecule has 132 valence electrons. The van der Waals surface area contributed by atoms with Crippen molar-refractivity contribution in [3.05, 3.63) is 50.5 Å². The van der Waals surface area contributed by atoms with Crippen LogP contribution in [0, 0.1) is 10.1 Å². The van der Waals surface area contributed by atoms with E-state index in [0.717, 1.165) is 24.2 Å². The first kappa shape index (κ1) is 17.5. The first-order chi connectivity index (χ1) is 12.0. The first-order valence-corrected chi connectivity index (χ1v) is 9.01. The zero-order valence-electron chi connectivity index (χ0n) is 13.8. The molecule has 0 bridgehead atoms. The molecule has 1 fully saturated rings. The summed E-state index contributed by atoms with van der Waals surface area (Å²) in [4.78, 5) is 37.0. The number of carbonyl (C=O) groups excluding carboxylic acids is 2. The maximum Gasteiger partial charge on any atom is 0.356 e. The Kier molecular flexibility index (Phi) is 5.08. The van der Waals surface area contributed by atoms with Crippen molar-refractivity contribution in [2.45, 2.75) is 44.6 Å². The van der Waals surface area contributed by atoms with E-state index in [1.165, 1.54) is 17.0 Å². The van der Waals surface area contributed by atoms with Gasteiger partial charge in [-0.1, -0.05) is 13.3 Å². The summed E-state index contributed by atoms with van der Waals surface area (Å²) < 4.78 is 5.35. The van der Waals surface area contributed by atoms with Gasteiger partial charge in [0, 0.05) is 17.0 Å². The third-order valence-corrected chi connectivity index (χ3v) is 5.49. The van der Waals surface area contributed by atoms with Crippen molar-refractivity contribution in [1.82, 2.24) is 4.90 Å². The Morgan fingerprint density at radius 1 is 1.40 bits per heavy atom. The van der Waals surface area contributed by atoms with Crippen LogP contribution in [0.3, 0.4) is 0 Å². The molecule has 1 aromatic carbocycles. The molecule has 3 rings (SSSR count). The standard InChI is InChI=1S/C17H18N2O5S/c1-2-3-4-13-16(18-14(20)9-15(18)25-13)17(21)24-10-11-5-7-12(8-6-11)19(22)23/h5-8,15H,2-4,9-10H2,1H3. The molecule has 2 aliphatic rings. The minimum absolute atomic E-state index is 0.0126. The largest absolute Gasteiger partial charge is 0.456 e. The van der Waals surface area contributed by atoms with Crippen molar-refractivity contribution in [2.24, 2.45) is 0 Å². The van der Waals surface area contributed by atoms with E-state index in [1.54, 1.807) is 23.9 Å². The van der Waals surface area contributed by atoms with Gasteiger partial charge in [-0.25, -0.2) is 4.79 Å². The minimum atomic E-state index is -0.507. The molecular weight excluding hydrogens is 344 g/mol. The normalized spacial score (nSPS) is 18.8. The number of fused-ring (bicyclic) bond motifs is 1. The number of nitro groups is 1. The van der Waals surface area contributed by atoms with E-state index >= 15 is 0 Å². The Hall–Kier alpha value is -2.35. The molecule has 8 heteroatoms. The molecule has 1 unspecified atom stereocenters. The molecule has 1 saturated heterocycles. The van der Waals surface area contributed by atoms with Crippen LogP contribution in [0.2, 0.25) is 0 Å². The summed E-state index contributed by atoms with van der Waals surface area (Å²) in [7, 11) is 0. The zero-order chi connectivity index (χ0) is 18.0. The predicted octanol–water partition coefficient (Wildman–Crippen LogP) is 3.35. The number of hydrogen-bond acceptors (Lipinski definition) is 6. The van der Waals surface area contributed by atoms with Gasteiger partial charge in [-0.15, -0.1) is 11.8 Å². The number of rotatable bonds is 7. The number of amides is 1. The van der Waals surface area contributed by atoms with E-state index < -0.39 is 10.9 Å². The van der Waals surface area contributed by atoms with E-state index in [0.29, 0.717) is 17.7 Å². The third-order valence-electron chi connectivity index (χ3n) is 4.16. The summed E-state index contributed by atoms with van der Waals surface area (Å²) in [6.07, 6.45) is 3.19. The molecule has 0 aromatic heterocycles. The van der Waals surface area contributed by atoms with Crippen molar-refractivity contribution in [1.29, 1.82) is 0 Å². The number of thioether (sulfide) groups is 1. The fourth-order valence-corrected chi connectivity index (χ4v) is 4.20. The van der Waals surface area contributed by atoms with Crippen LogP contribution in [0.25, 0.3) is 0 Å². The van der Waals surface area contributed by atoms with Gasteiger partial charge in [0.1, 0.15) is 12.3 Å². The monoisotopic (exact) mass is 362 g/mol. The highest BCUT2D eigenvalue weighted by atomic mass is 32.2. The van der Waals surface area contributed by atoms with Crippen LogP contribution in [0.5, 0.6) is 0 Å². The molecule has 1 atom stereocenters. The first-order valence-electron chi connectivity index (χ1n) is 8.13. The second-order valence-corrected chi connectivity index (χ2v) is 7.19. The van der Waals surface area contributed by atoms with Gasteiger partial charge >= 0.3 is 5.97 Å². The Balaban J connectivity index is 1.67. The predicted molar refractivity (Wildman–Crippen MR) is 92.3 cm³/mol. The second-order valence-electron chi connectivity index (χ2n) is 5.92. The molecule has 7 nitrogen and oxygen atoms in total. The SMILES string of the molecule is CCCCC1=C(C(=O)OCc2ccc([N+](=O)[O-])cc2)N2C(=O)CC2S1. The van der Waals surface area contributed by atoms with Crippen molar-refractivity contribution in [3.63, 3.8) is 0 Å². The zero-order valence-corrected chi connectivity index (χ0v) is 14.6. The Bertz CT molecular complexity index is 744. The average molecular weight is 362 g/mol. The molecule has 2 heterocycles. The number of β-lactam (4-membered cyclic amide) rings is 1. The van der Waals surface area contributed by atoms with E-state index in [2.05, 4.69) is 6.92 Å². The van der Waals surface area contributed by atoms with Gasteiger partial charge in [-0.05, 0) is 30.5 Å². The molecule has 0 aliphatic carbocycles. The van der Waals surface area contributed by atoms with Gasteiger partial charge < -0.3 is 4.74 Å². The Morgan fingerprint density at radius 3 is 2.72 bits per heavy atom. The van der Waals surface area contributed by atoms with Crippen molar-refractivity contribution < 1.29 is 19.2 Å². The lowest BCUT2D eigenvalue weighted by atomic mass is 10.1. The number of hydrogen-bond donors (Lipinski definition) is 0. The number of nitro benzene ring substituents is 1. The van der Waals surface area contributed by atoms with Crippen LogP contribution in [-0.2, 0) is 20.9 Å². The molecule has 0 saturated carbocycles. The van der Waals surface area contributed by atoms with E-state index in [9.17, 15) is 19.7 Å². The summed E-state index contributed by atoms with van der Waals surface area (Å²) in [5, 5.41) is 10.7. The van der Waals surface area contributed by atoms with Crippen LogP contribution in [0.1, 0.15) is 38.2 Å². The van der Waals surface area contributed by atoms with Gasteiger partial charge in [-0.2, -0.15) is 0 Å². The molecule has 2 aliphatic heterocycles. The summed E-state index contributed by atoms with van der Waals surface area (Å²) >= 11 is 1.58. The molecule has 1 amide bonds. The van der Waals surface area contributed by atoms with Crippen LogP contribution in [0.4, 0.5) is 5.69 Å². The molecule has 0 radical (unpaired) electrons. The number of non-ortho nitro benzene ring substituents is 1. The Labute approximate surface area is 149 Å². The smallest absolute Gasteiger partial charge is 0.356 e. The number of esters is 1. The molecule has 0 N–H and O–H groups in total. The van der Waals surface area contributed by atoms with Gasteiger partial charge in [0.05, 0.1) is 16.7 Å². The number of ether oxygens (including phenoxy) is 1. The molecule has 1 aromatic rings. The summed E-state index contributed by atoms with van der Waals surface area (Å²) in [5.74, 6) is -0.557. The summed E-state index contributed by atoms with van der Waals surface area (Å²) in [6.45, 7) is 2.09. The van der Waals surface area contributed by atoms with Crippen LogP contribution in [0.15, 0.2) is 34.9 Å². The maximum absolute atomic E-state index is 12.5. The van der Waals surface area contributed by atoms with Gasteiger partial charge in [0.15, 0.2) is 0 Å². The topological polar surface area (TPSA) is 89.8 Å². The number of unbranched alkanes of at least 4 members (excludes halogenated alkanes) is 1. The van der Waals surface area contributed by atoms with Crippen LogP contribution in [-0.4, -0.2) is 27.1 Å². The van der Waals surface area contributed by atoms with Crippen molar-refractivity contribution >= 4 is 29.3 Å². The van der Waals surface area contributed by atoms with Crippen LogP contribution >= 0.6 is 11.8 Å². The Morgan fingerprint density at radius 2 is 2.12 bits per heavy atom. The molecular formula is C17H18N2O5S. The number of carbonyl (C=O) groups is 2. The molecule has 0 spiro atoms.